The zero-order valence-electron chi connectivity index (χ0n) is 9.37. The molecule has 0 aromatic heterocycles. The van der Waals surface area contributed by atoms with Gasteiger partial charge in [0.25, 0.3) is 0 Å². The van der Waals surface area contributed by atoms with Crippen molar-refractivity contribution in [1.82, 2.24) is 0 Å². The molecule has 0 amide bonds. The number of nitriles is 1. The van der Waals surface area contributed by atoms with Gasteiger partial charge in [-0.05, 0) is 24.5 Å². The zero-order valence-corrected chi connectivity index (χ0v) is 11.0. The average molecular weight is 283 g/mol. The van der Waals surface area contributed by atoms with E-state index < -0.39 is 0 Å². The van der Waals surface area contributed by atoms with E-state index in [4.69, 9.17) is 11.0 Å². The first-order chi connectivity index (χ1) is 7.47. The molecule has 1 atom stereocenters. The highest BCUT2D eigenvalue weighted by Gasteiger charge is 2.18. The van der Waals surface area contributed by atoms with Crippen LogP contribution in [0.4, 0.5) is 0 Å². The summed E-state index contributed by atoms with van der Waals surface area (Å²) in [6.07, 6.45) is 0.765. The van der Waals surface area contributed by atoms with Crippen LogP contribution in [0.5, 0.6) is 5.75 Å². The third kappa shape index (κ3) is 2.75. The number of phenolic OH excluding ortho intramolecular Hbond substituents is 1. The first-order valence-corrected chi connectivity index (χ1v) is 5.93. The molecule has 0 unspecified atom stereocenters. The van der Waals surface area contributed by atoms with Crippen LogP contribution in [0.3, 0.4) is 0 Å². The van der Waals surface area contributed by atoms with Crippen molar-refractivity contribution in [3.63, 3.8) is 0 Å². The average Bonchev–Trinajstić information content (AvgIpc) is 2.16. The second kappa shape index (κ2) is 5.33. The monoisotopic (exact) mass is 282 g/mol. The summed E-state index contributed by atoms with van der Waals surface area (Å²) < 4.78 is 0.747. The van der Waals surface area contributed by atoms with Gasteiger partial charge in [-0.1, -0.05) is 29.8 Å². The maximum absolute atomic E-state index is 9.92. The molecule has 0 saturated heterocycles. The maximum atomic E-state index is 9.92. The quantitative estimate of drug-likeness (QED) is 0.895. The molecular formula is C12H15BrN2O. The minimum atomic E-state index is -0.261. The number of rotatable bonds is 3. The Bertz CT molecular complexity index is 424. The minimum Gasteiger partial charge on any atom is -0.506 e. The molecule has 0 fully saturated rings. The van der Waals surface area contributed by atoms with Crippen molar-refractivity contribution in [1.29, 1.82) is 5.26 Å². The molecule has 0 bridgehead atoms. The molecule has 0 aliphatic rings. The molecular weight excluding hydrogens is 268 g/mol. The van der Waals surface area contributed by atoms with Gasteiger partial charge in [0.05, 0.1) is 5.56 Å². The van der Waals surface area contributed by atoms with Gasteiger partial charge in [0.1, 0.15) is 11.8 Å². The number of phenols is 1. The summed E-state index contributed by atoms with van der Waals surface area (Å²) >= 11 is 3.35. The standard InChI is InChI=1S/C12H15BrN2O/c1-7(2)5-10(15)11-9(13)4-3-8(6-14)12(11)16/h3-4,7,10,16H,5,15H2,1-2H3/t10-/m0/s1. The highest BCUT2D eigenvalue weighted by atomic mass is 79.9. The van der Waals surface area contributed by atoms with Crippen molar-refractivity contribution in [3.8, 4) is 11.8 Å². The maximum Gasteiger partial charge on any atom is 0.139 e. The van der Waals surface area contributed by atoms with Crippen LogP contribution in [0.1, 0.15) is 37.4 Å². The van der Waals surface area contributed by atoms with Gasteiger partial charge in [-0.15, -0.1) is 0 Å². The van der Waals surface area contributed by atoms with Crippen LogP contribution < -0.4 is 5.73 Å². The molecule has 3 nitrogen and oxygen atoms in total. The Hall–Kier alpha value is -1.05. The molecule has 0 saturated carbocycles. The van der Waals surface area contributed by atoms with Crippen LogP contribution in [0, 0.1) is 17.2 Å². The zero-order chi connectivity index (χ0) is 12.3. The first-order valence-electron chi connectivity index (χ1n) is 5.14. The van der Waals surface area contributed by atoms with Gasteiger partial charge < -0.3 is 10.8 Å². The fourth-order valence-electron chi connectivity index (χ4n) is 1.65. The summed E-state index contributed by atoms with van der Waals surface area (Å²) in [7, 11) is 0. The van der Waals surface area contributed by atoms with Gasteiger partial charge in [0.2, 0.25) is 0 Å². The normalized spacial score (nSPS) is 12.5. The van der Waals surface area contributed by atoms with E-state index in [0.29, 0.717) is 11.5 Å². The summed E-state index contributed by atoms with van der Waals surface area (Å²) in [5.41, 5.74) is 6.90. The molecule has 0 radical (unpaired) electrons. The largest absolute Gasteiger partial charge is 0.506 e. The van der Waals surface area contributed by atoms with E-state index in [2.05, 4.69) is 29.8 Å². The van der Waals surface area contributed by atoms with Gasteiger partial charge in [-0.25, -0.2) is 0 Å². The van der Waals surface area contributed by atoms with Crippen LogP contribution in [0.15, 0.2) is 16.6 Å². The van der Waals surface area contributed by atoms with E-state index in [1.54, 1.807) is 12.1 Å². The van der Waals surface area contributed by atoms with Gasteiger partial charge in [-0.3, -0.25) is 0 Å². The summed E-state index contributed by atoms with van der Waals surface area (Å²) in [5.74, 6) is 0.428. The highest BCUT2D eigenvalue weighted by Crippen LogP contribution is 2.35. The number of hydrogen-bond donors (Lipinski definition) is 2. The molecule has 1 rings (SSSR count). The van der Waals surface area contributed by atoms with E-state index in [0.717, 1.165) is 10.9 Å². The van der Waals surface area contributed by atoms with Crippen molar-refractivity contribution in [2.75, 3.05) is 0 Å². The van der Waals surface area contributed by atoms with Crippen LogP contribution >= 0.6 is 15.9 Å². The van der Waals surface area contributed by atoms with Crippen LogP contribution in [0.2, 0.25) is 0 Å². The second-order valence-corrected chi connectivity index (χ2v) is 5.06. The Morgan fingerprint density at radius 2 is 2.12 bits per heavy atom. The van der Waals surface area contributed by atoms with E-state index >= 15 is 0 Å². The SMILES string of the molecule is CC(C)C[C@H](N)c1c(Br)ccc(C#N)c1O. The Morgan fingerprint density at radius 1 is 1.50 bits per heavy atom. The molecule has 1 aromatic carbocycles. The number of nitrogens with two attached hydrogens (primary N) is 1. The number of hydrogen-bond acceptors (Lipinski definition) is 3. The lowest BCUT2D eigenvalue weighted by Crippen LogP contribution is -2.14. The van der Waals surface area contributed by atoms with Crippen LogP contribution in [0.25, 0.3) is 0 Å². The Morgan fingerprint density at radius 3 is 2.62 bits per heavy atom. The third-order valence-electron chi connectivity index (χ3n) is 2.38. The van der Waals surface area contributed by atoms with Gasteiger partial charge in [0.15, 0.2) is 0 Å². The van der Waals surface area contributed by atoms with E-state index in [9.17, 15) is 5.11 Å². The molecule has 3 N–H and O–H groups in total. The molecule has 0 heterocycles. The molecule has 1 aromatic rings. The number of aromatic hydroxyl groups is 1. The van der Waals surface area contributed by atoms with E-state index in [1.165, 1.54) is 0 Å². The molecule has 0 aliphatic carbocycles. The summed E-state index contributed by atoms with van der Waals surface area (Å²) in [6, 6.07) is 5.00. The summed E-state index contributed by atoms with van der Waals surface area (Å²) in [4.78, 5) is 0. The molecule has 86 valence electrons. The Labute approximate surface area is 104 Å². The second-order valence-electron chi connectivity index (χ2n) is 4.21. The molecule has 0 spiro atoms. The lowest BCUT2D eigenvalue weighted by molar-refractivity contribution is 0.443. The Balaban J connectivity index is 3.17. The van der Waals surface area contributed by atoms with Crippen LogP contribution in [-0.2, 0) is 0 Å². The lowest BCUT2D eigenvalue weighted by atomic mass is 9.95. The topological polar surface area (TPSA) is 70.0 Å². The predicted octanol–water partition coefficient (Wildman–Crippen LogP) is 3.07. The van der Waals surface area contributed by atoms with Crippen molar-refractivity contribution < 1.29 is 5.11 Å². The number of benzene rings is 1. The van der Waals surface area contributed by atoms with Crippen molar-refractivity contribution in [2.45, 2.75) is 26.3 Å². The smallest absolute Gasteiger partial charge is 0.139 e. The van der Waals surface area contributed by atoms with Crippen molar-refractivity contribution in [3.05, 3.63) is 27.7 Å². The van der Waals surface area contributed by atoms with Crippen molar-refractivity contribution >= 4 is 15.9 Å². The van der Waals surface area contributed by atoms with Gasteiger partial charge >= 0.3 is 0 Å². The van der Waals surface area contributed by atoms with Crippen LogP contribution in [-0.4, -0.2) is 5.11 Å². The molecule has 0 aliphatic heterocycles. The van der Waals surface area contributed by atoms with Crippen molar-refractivity contribution in [2.24, 2.45) is 11.7 Å². The number of nitrogens with zero attached hydrogens (tertiary/aromatic N) is 1. The van der Waals surface area contributed by atoms with E-state index in [-0.39, 0.29) is 17.4 Å². The van der Waals surface area contributed by atoms with E-state index in [1.807, 2.05) is 6.07 Å². The molecule has 16 heavy (non-hydrogen) atoms. The van der Waals surface area contributed by atoms with Gasteiger partial charge in [-0.2, -0.15) is 5.26 Å². The number of halogens is 1. The minimum absolute atomic E-state index is 0.00924. The van der Waals surface area contributed by atoms with Gasteiger partial charge in [0, 0.05) is 16.1 Å². The summed E-state index contributed by atoms with van der Waals surface area (Å²) in [6.45, 7) is 4.14. The first kappa shape index (κ1) is 13.0. The third-order valence-corrected chi connectivity index (χ3v) is 3.07. The molecule has 4 heteroatoms. The Kier molecular flexibility index (Phi) is 4.34. The predicted molar refractivity (Wildman–Crippen MR) is 66.9 cm³/mol. The summed E-state index contributed by atoms with van der Waals surface area (Å²) in [5, 5.41) is 18.8. The fourth-order valence-corrected chi connectivity index (χ4v) is 2.27. The lowest BCUT2D eigenvalue weighted by Gasteiger charge is -2.17. The fraction of sp³-hybridized carbons (Fsp3) is 0.417. The highest BCUT2D eigenvalue weighted by molar-refractivity contribution is 9.10.